The standard InChI is InChI=1S/C21H29N9O/c1-4-14-11-18(20-25-22-13-30(20)26-14)29-10-7-17-16(12-29)19(24-21(23-17)27(2)3)28-8-5-15(31)6-9-28/h11,13,15,31H,4-10,12H2,1-3H3. The smallest absolute Gasteiger partial charge is 0.227 e. The van der Waals surface area contributed by atoms with Crippen LogP contribution in [0.15, 0.2) is 12.4 Å². The van der Waals surface area contributed by atoms with Crippen molar-refractivity contribution in [2.75, 3.05) is 48.4 Å². The van der Waals surface area contributed by atoms with Crippen molar-refractivity contribution in [1.82, 2.24) is 29.8 Å². The molecule has 0 atom stereocenters. The fourth-order valence-corrected chi connectivity index (χ4v) is 4.40. The Kier molecular flexibility index (Phi) is 5.09. The van der Waals surface area contributed by atoms with Crippen LogP contribution in [0.5, 0.6) is 0 Å². The summed E-state index contributed by atoms with van der Waals surface area (Å²) in [6.07, 6.45) is 4.67. The summed E-state index contributed by atoms with van der Waals surface area (Å²) in [6.45, 7) is 5.29. The highest BCUT2D eigenvalue weighted by molar-refractivity contribution is 5.70. The van der Waals surface area contributed by atoms with Gasteiger partial charge in [0, 0.05) is 52.3 Å². The number of anilines is 3. The van der Waals surface area contributed by atoms with Crippen molar-refractivity contribution in [1.29, 1.82) is 0 Å². The highest BCUT2D eigenvalue weighted by Crippen LogP contribution is 2.33. The number of piperidine rings is 1. The van der Waals surface area contributed by atoms with Crippen molar-refractivity contribution in [2.45, 2.75) is 45.3 Å². The van der Waals surface area contributed by atoms with Gasteiger partial charge >= 0.3 is 0 Å². The molecule has 0 aliphatic carbocycles. The third-order valence-corrected chi connectivity index (χ3v) is 6.19. The van der Waals surface area contributed by atoms with E-state index >= 15 is 0 Å². The van der Waals surface area contributed by atoms with Crippen molar-refractivity contribution in [3.63, 3.8) is 0 Å². The number of aromatic nitrogens is 6. The van der Waals surface area contributed by atoms with Crippen LogP contribution in [0.3, 0.4) is 0 Å². The highest BCUT2D eigenvalue weighted by atomic mass is 16.3. The van der Waals surface area contributed by atoms with E-state index in [-0.39, 0.29) is 6.10 Å². The molecule has 1 saturated heterocycles. The van der Waals surface area contributed by atoms with Crippen molar-refractivity contribution in [3.05, 3.63) is 29.3 Å². The Labute approximate surface area is 181 Å². The molecule has 0 amide bonds. The van der Waals surface area contributed by atoms with Gasteiger partial charge in [-0.3, -0.25) is 0 Å². The number of rotatable bonds is 4. The van der Waals surface area contributed by atoms with Crippen molar-refractivity contribution in [3.8, 4) is 0 Å². The molecule has 0 radical (unpaired) electrons. The average molecular weight is 424 g/mol. The topological polar surface area (TPSA) is 98.8 Å². The summed E-state index contributed by atoms with van der Waals surface area (Å²) in [6, 6.07) is 2.13. The lowest BCUT2D eigenvalue weighted by molar-refractivity contribution is 0.145. The number of hydrogen-bond donors (Lipinski definition) is 1. The molecule has 10 nitrogen and oxygen atoms in total. The fourth-order valence-electron chi connectivity index (χ4n) is 4.40. The third-order valence-electron chi connectivity index (χ3n) is 6.19. The maximum absolute atomic E-state index is 9.98. The number of aliphatic hydroxyl groups excluding tert-OH is 1. The van der Waals surface area contributed by atoms with Crippen LogP contribution in [0, 0.1) is 0 Å². The second kappa shape index (κ2) is 7.92. The van der Waals surface area contributed by atoms with E-state index in [2.05, 4.69) is 38.1 Å². The molecular weight excluding hydrogens is 394 g/mol. The zero-order valence-electron chi connectivity index (χ0n) is 18.4. The summed E-state index contributed by atoms with van der Waals surface area (Å²) in [7, 11) is 3.96. The molecular formula is C21H29N9O. The van der Waals surface area contributed by atoms with Gasteiger partial charge in [-0.2, -0.15) is 14.6 Å². The molecule has 164 valence electrons. The summed E-state index contributed by atoms with van der Waals surface area (Å²) < 4.78 is 1.77. The van der Waals surface area contributed by atoms with Crippen molar-refractivity contribution >= 4 is 23.1 Å². The molecule has 3 aromatic rings. The monoisotopic (exact) mass is 423 g/mol. The van der Waals surface area contributed by atoms with E-state index in [9.17, 15) is 5.11 Å². The minimum atomic E-state index is -0.218. The quantitative estimate of drug-likeness (QED) is 0.660. The third kappa shape index (κ3) is 3.65. The first kappa shape index (κ1) is 19.9. The molecule has 0 aromatic carbocycles. The maximum Gasteiger partial charge on any atom is 0.227 e. The lowest BCUT2D eigenvalue weighted by Gasteiger charge is -2.36. The van der Waals surface area contributed by atoms with Gasteiger partial charge in [-0.15, -0.1) is 10.2 Å². The minimum Gasteiger partial charge on any atom is -0.393 e. The molecule has 5 heterocycles. The van der Waals surface area contributed by atoms with Gasteiger partial charge in [-0.05, 0) is 25.3 Å². The van der Waals surface area contributed by atoms with Gasteiger partial charge in [0.25, 0.3) is 0 Å². The van der Waals surface area contributed by atoms with Gasteiger partial charge in [-0.1, -0.05) is 6.92 Å². The molecule has 0 bridgehead atoms. The number of aliphatic hydroxyl groups is 1. The Morgan fingerprint density at radius 2 is 1.94 bits per heavy atom. The summed E-state index contributed by atoms with van der Waals surface area (Å²) in [5, 5.41) is 22.9. The predicted octanol–water partition coefficient (Wildman–Crippen LogP) is 1.07. The number of fused-ring (bicyclic) bond motifs is 2. The van der Waals surface area contributed by atoms with Crippen molar-refractivity contribution in [2.24, 2.45) is 0 Å². The molecule has 0 spiro atoms. The zero-order valence-corrected chi connectivity index (χ0v) is 18.4. The number of nitrogens with zero attached hydrogens (tertiary/aromatic N) is 9. The molecule has 0 saturated carbocycles. The zero-order chi connectivity index (χ0) is 21.5. The van der Waals surface area contributed by atoms with Gasteiger partial charge in [0.1, 0.15) is 12.1 Å². The Balaban J connectivity index is 1.55. The lowest BCUT2D eigenvalue weighted by atomic mass is 10.0. The fraction of sp³-hybridized carbons (Fsp3) is 0.571. The van der Waals surface area contributed by atoms with E-state index in [1.807, 2.05) is 19.0 Å². The van der Waals surface area contributed by atoms with Crippen LogP contribution < -0.4 is 14.7 Å². The second-order valence-electron chi connectivity index (χ2n) is 8.53. The van der Waals surface area contributed by atoms with Gasteiger partial charge < -0.3 is 19.8 Å². The van der Waals surface area contributed by atoms with Gasteiger partial charge in [0.2, 0.25) is 11.6 Å². The summed E-state index contributed by atoms with van der Waals surface area (Å²) in [4.78, 5) is 16.4. The molecule has 31 heavy (non-hydrogen) atoms. The van der Waals surface area contributed by atoms with E-state index in [0.717, 1.165) is 79.8 Å². The molecule has 1 fully saturated rings. The first-order valence-corrected chi connectivity index (χ1v) is 11.0. The van der Waals surface area contributed by atoms with E-state index in [0.29, 0.717) is 6.54 Å². The number of aryl methyl sites for hydroxylation is 1. The van der Waals surface area contributed by atoms with Crippen LogP contribution in [-0.4, -0.2) is 74.7 Å². The van der Waals surface area contributed by atoms with Gasteiger partial charge in [0.05, 0.1) is 23.2 Å². The molecule has 10 heteroatoms. The van der Waals surface area contributed by atoms with Crippen LogP contribution in [0.25, 0.3) is 5.65 Å². The molecule has 0 unspecified atom stereocenters. The summed E-state index contributed by atoms with van der Waals surface area (Å²) in [5.74, 6) is 1.73. The Hall–Kier alpha value is -3.01. The molecule has 1 N–H and O–H groups in total. The van der Waals surface area contributed by atoms with Crippen LogP contribution in [0.1, 0.15) is 36.7 Å². The lowest BCUT2D eigenvalue weighted by Crippen LogP contribution is -2.39. The molecule has 5 rings (SSSR count). The van der Waals surface area contributed by atoms with Gasteiger partial charge in [-0.25, -0.2) is 4.98 Å². The van der Waals surface area contributed by atoms with Crippen LogP contribution in [0.4, 0.5) is 17.5 Å². The Morgan fingerprint density at radius 3 is 2.68 bits per heavy atom. The minimum absolute atomic E-state index is 0.218. The van der Waals surface area contributed by atoms with E-state index in [1.54, 1.807) is 10.8 Å². The molecule has 3 aromatic heterocycles. The van der Waals surface area contributed by atoms with E-state index in [4.69, 9.17) is 9.97 Å². The first-order valence-electron chi connectivity index (χ1n) is 11.0. The maximum atomic E-state index is 9.98. The molecule has 2 aliphatic heterocycles. The second-order valence-corrected chi connectivity index (χ2v) is 8.53. The Morgan fingerprint density at radius 1 is 1.13 bits per heavy atom. The van der Waals surface area contributed by atoms with Crippen molar-refractivity contribution < 1.29 is 5.11 Å². The summed E-state index contributed by atoms with van der Waals surface area (Å²) in [5.41, 5.74) is 5.11. The Bertz CT molecular complexity index is 1090. The highest BCUT2D eigenvalue weighted by Gasteiger charge is 2.29. The largest absolute Gasteiger partial charge is 0.393 e. The summed E-state index contributed by atoms with van der Waals surface area (Å²) >= 11 is 0. The average Bonchev–Trinajstić information content (AvgIpc) is 3.26. The number of hydrogen-bond acceptors (Lipinski definition) is 9. The SMILES string of the molecule is CCc1cc(N2CCc3nc(N(C)C)nc(N4CCC(O)CC4)c3C2)c2nncn2n1. The predicted molar refractivity (Wildman–Crippen MR) is 119 cm³/mol. The van der Waals surface area contributed by atoms with Gasteiger partial charge in [0.15, 0.2) is 0 Å². The van der Waals surface area contributed by atoms with E-state index < -0.39 is 0 Å². The van der Waals surface area contributed by atoms with Crippen LogP contribution in [0.2, 0.25) is 0 Å². The normalized spacial score (nSPS) is 17.3. The van der Waals surface area contributed by atoms with Crippen LogP contribution >= 0.6 is 0 Å². The molecule has 2 aliphatic rings. The van der Waals surface area contributed by atoms with Crippen LogP contribution in [-0.2, 0) is 19.4 Å². The van der Waals surface area contributed by atoms with E-state index in [1.165, 1.54) is 5.56 Å². The first-order chi connectivity index (χ1) is 15.0.